The molecule has 2 fully saturated rings. The van der Waals surface area contributed by atoms with E-state index in [-0.39, 0.29) is 5.41 Å². The summed E-state index contributed by atoms with van der Waals surface area (Å²) in [5, 5.41) is 0. The number of carbonyl (C=O) groups is 1. The lowest BCUT2D eigenvalue weighted by molar-refractivity contribution is -0.135. The fourth-order valence-corrected chi connectivity index (χ4v) is 4.77. The van der Waals surface area contributed by atoms with Gasteiger partial charge in [0.1, 0.15) is 0 Å². The Balaban J connectivity index is 1.35. The lowest BCUT2D eigenvalue weighted by Gasteiger charge is -2.41. The molecule has 1 atom stereocenters. The van der Waals surface area contributed by atoms with E-state index >= 15 is 0 Å². The van der Waals surface area contributed by atoms with Crippen LogP contribution in [0.2, 0.25) is 0 Å². The highest BCUT2D eigenvalue weighted by Crippen LogP contribution is 2.37. The van der Waals surface area contributed by atoms with Crippen LogP contribution in [0, 0.1) is 5.41 Å². The second-order valence-corrected chi connectivity index (χ2v) is 9.03. The Morgan fingerprint density at radius 3 is 2.82 bits per heavy atom. The molecule has 3 aliphatic rings. The van der Waals surface area contributed by atoms with Crippen LogP contribution in [-0.4, -0.2) is 80.3 Å². The van der Waals surface area contributed by atoms with E-state index in [1.165, 1.54) is 5.56 Å². The fourth-order valence-electron chi connectivity index (χ4n) is 4.77. The minimum absolute atomic E-state index is 0.112. The number of ether oxygens (including phenoxy) is 2. The predicted molar refractivity (Wildman–Crippen MR) is 109 cm³/mol. The standard InChI is InChI=1S/C22H33N3O3/c1-22(14-18-5-6-19-20(13-18)28-17-27-19)7-3-10-25(16-22)21(26)15-24-9-4-8-23(2)11-12-24/h5-6,13H,3-4,7-12,14-17H2,1-2H3/t22-/m1/s1. The number of likely N-dealkylation sites (N-methyl/N-ethyl adjacent to an activating group) is 1. The van der Waals surface area contributed by atoms with Crippen molar-refractivity contribution in [3.8, 4) is 11.5 Å². The molecule has 3 heterocycles. The van der Waals surface area contributed by atoms with Gasteiger partial charge in [-0.1, -0.05) is 13.0 Å². The van der Waals surface area contributed by atoms with E-state index in [0.29, 0.717) is 19.2 Å². The van der Waals surface area contributed by atoms with Crippen LogP contribution in [0.25, 0.3) is 0 Å². The molecule has 0 aliphatic carbocycles. The number of piperidine rings is 1. The van der Waals surface area contributed by atoms with Crippen LogP contribution in [0.5, 0.6) is 11.5 Å². The third kappa shape index (κ3) is 4.61. The molecule has 6 heteroatoms. The second-order valence-electron chi connectivity index (χ2n) is 9.03. The van der Waals surface area contributed by atoms with Crippen LogP contribution in [0.15, 0.2) is 18.2 Å². The number of carbonyl (C=O) groups excluding carboxylic acids is 1. The molecule has 2 saturated heterocycles. The summed E-state index contributed by atoms with van der Waals surface area (Å²) < 4.78 is 10.9. The summed E-state index contributed by atoms with van der Waals surface area (Å²) in [5.41, 5.74) is 1.37. The van der Waals surface area contributed by atoms with E-state index in [1.54, 1.807) is 0 Å². The van der Waals surface area contributed by atoms with Gasteiger partial charge in [0.05, 0.1) is 6.54 Å². The van der Waals surface area contributed by atoms with Gasteiger partial charge >= 0.3 is 0 Å². The van der Waals surface area contributed by atoms with Crippen LogP contribution in [-0.2, 0) is 11.2 Å². The lowest BCUT2D eigenvalue weighted by atomic mass is 9.77. The molecule has 0 N–H and O–H groups in total. The molecule has 4 rings (SSSR count). The molecule has 0 radical (unpaired) electrons. The first-order chi connectivity index (χ1) is 13.5. The molecule has 0 bridgehead atoms. The highest BCUT2D eigenvalue weighted by molar-refractivity contribution is 5.78. The van der Waals surface area contributed by atoms with E-state index in [4.69, 9.17) is 9.47 Å². The maximum atomic E-state index is 13.0. The summed E-state index contributed by atoms with van der Waals surface area (Å²) in [6.07, 6.45) is 4.34. The second kappa shape index (κ2) is 8.29. The van der Waals surface area contributed by atoms with E-state index in [2.05, 4.69) is 40.8 Å². The van der Waals surface area contributed by atoms with Crippen molar-refractivity contribution in [2.24, 2.45) is 5.41 Å². The number of fused-ring (bicyclic) bond motifs is 1. The largest absolute Gasteiger partial charge is 0.454 e. The highest BCUT2D eigenvalue weighted by Gasteiger charge is 2.34. The van der Waals surface area contributed by atoms with E-state index < -0.39 is 0 Å². The molecule has 154 valence electrons. The van der Waals surface area contributed by atoms with Gasteiger partial charge in [0.25, 0.3) is 0 Å². The van der Waals surface area contributed by atoms with Crippen molar-refractivity contribution in [1.29, 1.82) is 0 Å². The molecule has 1 amide bonds. The molecule has 0 aromatic heterocycles. The van der Waals surface area contributed by atoms with Crippen LogP contribution >= 0.6 is 0 Å². The number of amides is 1. The first-order valence-electron chi connectivity index (χ1n) is 10.6. The minimum Gasteiger partial charge on any atom is -0.454 e. The minimum atomic E-state index is 0.112. The van der Waals surface area contributed by atoms with Gasteiger partial charge in [-0.2, -0.15) is 0 Å². The molecule has 1 aromatic carbocycles. The molecule has 28 heavy (non-hydrogen) atoms. The number of hydrogen-bond acceptors (Lipinski definition) is 5. The van der Waals surface area contributed by atoms with Crippen molar-refractivity contribution < 1.29 is 14.3 Å². The number of benzene rings is 1. The molecular weight excluding hydrogens is 354 g/mol. The molecule has 0 spiro atoms. The average Bonchev–Trinajstić information content (AvgIpc) is 3.03. The van der Waals surface area contributed by atoms with Gasteiger partial charge in [0.15, 0.2) is 11.5 Å². The van der Waals surface area contributed by atoms with E-state index in [9.17, 15) is 4.79 Å². The van der Waals surface area contributed by atoms with Gasteiger partial charge in [0, 0.05) is 26.2 Å². The Bertz CT molecular complexity index is 710. The van der Waals surface area contributed by atoms with Crippen molar-refractivity contribution in [1.82, 2.24) is 14.7 Å². The van der Waals surface area contributed by atoms with Crippen molar-refractivity contribution in [2.75, 3.05) is 59.7 Å². The van der Waals surface area contributed by atoms with E-state index in [1.807, 2.05) is 6.07 Å². The third-order valence-corrected chi connectivity index (χ3v) is 6.37. The highest BCUT2D eigenvalue weighted by atomic mass is 16.7. The first kappa shape index (κ1) is 19.5. The smallest absolute Gasteiger partial charge is 0.236 e. The Labute approximate surface area is 168 Å². The third-order valence-electron chi connectivity index (χ3n) is 6.37. The Morgan fingerprint density at radius 1 is 1.07 bits per heavy atom. The van der Waals surface area contributed by atoms with Crippen LogP contribution < -0.4 is 9.47 Å². The molecule has 0 saturated carbocycles. The predicted octanol–water partition coefficient (Wildman–Crippen LogP) is 2.22. The van der Waals surface area contributed by atoms with Crippen molar-refractivity contribution in [2.45, 2.75) is 32.6 Å². The Hall–Kier alpha value is -1.79. The summed E-state index contributed by atoms with van der Waals surface area (Å²) in [6.45, 7) is 9.12. The van der Waals surface area contributed by atoms with Crippen LogP contribution in [0.1, 0.15) is 31.7 Å². The fraction of sp³-hybridized carbons (Fsp3) is 0.682. The maximum Gasteiger partial charge on any atom is 0.236 e. The van der Waals surface area contributed by atoms with Gasteiger partial charge in [0.2, 0.25) is 12.7 Å². The van der Waals surface area contributed by atoms with Crippen molar-refractivity contribution in [3.05, 3.63) is 23.8 Å². The topological polar surface area (TPSA) is 45.2 Å². The lowest BCUT2D eigenvalue weighted by Crippen LogP contribution is -2.49. The van der Waals surface area contributed by atoms with Crippen LogP contribution in [0.4, 0.5) is 0 Å². The number of nitrogens with zero attached hydrogens (tertiary/aromatic N) is 3. The molecular formula is C22H33N3O3. The first-order valence-corrected chi connectivity index (χ1v) is 10.6. The molecule has 3 aliphatic heterocycles. The zero-order valence-corrected chi connectivity index (χ0v) is 17.3. The van der Waals surface area contributed by atoms with Gasteiger partial charge < -0.3 is 19.3 Å². The summed E-state index contributed by atoms with van der Waals surface area (Å²) >= 11 is 0. The summed E-state index contributed by atoms with van der Waals surface area (Å²) in [7, 11) is 2.16. The Kier molecular flexibility index (Phi) is 5.78. The number of likely N-dealkylation sites (tertiary alicyclic amines) is 1. The Morgan fingerprint density at radius 2 is 1.93 bits per heavy atom. The number of hydrogen-bond donors (Lipinski definition) is 0. The zero-order valence-electron chi connectivity index (χ0n) is 17.3. The molecule has 1 aromatic rings. The quantitative estimate of drug-likeness (QED) is 0.793. The van der Waals surface area contributed by atoms with E-state index in [0.717, 1.165) is 76.5 Å². The van der Waals surface area contributed by atoms with Crippen LogP contribution in [0.3, 0.4) is 0 Å². The summed E-state index contributed by atoms with van der Waals surface area (Å²) in [4.78, 5) is 19.8. The zero-order chi connectivity index (χ0) is 19.6. The normalized spacial score (nSPS) is 26.3. The summed E-state index contributed by atoms with van der Waals surface area (Å²) in [5.74, 6) is 1.97. The van der Waals surface area contributed by atoms with Gasteiger partial charge in [-0.05, 0) is 68.9 Å². The van der Waals surface area contributed by atoms with Crippen molar-refractivity contribution >= 4 is 5.91 Å². The van der Waals surface area contributed by atoms with Gasteiger partial charge in [-0.3, -0.25) is 9.69 Å². The number of rotatable bonds is 4. The van der Waals surface area contributed by atoms with Gasteiger partial charge in [-0.25, -0.2) is 0 Å². The average molecular weight is 388 g/mol. The molecule has 0 unspecified atom stereocenters. The molecule has 6 nitrogen and oxygen atoms in total. The summed E-state index contributed by atoms with van der Waals surface area (Å²) in [6, 6.07) is 6.23. The maximum absolute atomic E-state index is 13.0. The monoisotopic (exact) mass is 387 g/mol. The van der Waals surface area contributed by atoms with Gasteiger partial charge in [-0.15, -0.1) is 0 Å². The van der Waals surface area contributed by atoms with Crippen molar-refractivity contribution in [3.63, 3.8) is 0 Å². The SMILES string of the molecule is CN1CCCN(CC(=O)N2CCC[C@](C)(Cc3ccc4c(c3)OCO4)C2)CC1.